The van der Waals surface area contributed by atoms with Crippen molar-refractivity contribution in [1.82, 2.24) is 0 Å². The van der Waals surface area contributed by atoms with E-state index >= 15 is 0 Å². The van der Waals surface area contributed by atoms with E-state index in [0.717, 1.165) is 19.4 Å². The minimum atomic E-state index is -2.21. The highest BCUT2D eigenvalue weighted by Crippen LogP contribution is 2.53. The zero-order chi connectivity index (χ0) is 30.1. The number of hydrogen-bond acceptors (Lipinski definition) is 14. The van der Waals surface area contributed by atoms with Crippen molar-refractivity contribution in [3.8, 4) is 5.75 Å². The zero-order valence-electron chi connectivity index (χ0n) is 22.5. The van der Waals surface area contributed by atoms with Crippen LogP contribution in [0.5, 0.6) is 5.75 Å². The molecular formula is C27H34O14. The van der Waals surface area contributed by atoms with E-state index in [9.17, 15) is 40.2 Å². The normalized spacial score (nSPS) is 38.5. The van der Waals surface area contributed by atoms with Crippen molar-refractivity contribution in [1.29, 1.82) is 0 Å². The van der Waals surface area contributed by atoms with Gasteiger partial charge < -0.3 is 59.1 Å². The van der Waals surface area contributed by atoms with Crippen molar-refractivity contribution in [2.75, 3.05) is 20.8 Å². The molecule has 0 amide bonds. The fourth-order valence-electron chi connectivity index (χ4n) is 5.37. The number of carbonyl (C=O) groups excluding carboxylic acids is 2. The van der Waals surface area contributed by atoms with E-state index in [1.807, 2.05) is 0 Å². The third kappa shape index (κ3) is 5.82. The molecule has 3 aliphatic rings. The van der Waals surface area contributed by atoms with Crippen LogP contribution in [0.15, 0.2) is 42.2 Å². The van der Waals surface area contributed by atoms with E-state index in [1.165, 1.54) is 20.1 Å². The van der Waals surface area contributed by atoms with Crippen molar-refractivity contribution in [3.05, 3.63) is 47.7 Å². The fraction of sp³-hybridized carbons (Fsp3) is 0.556. The molecule has 1 aromatic carbocycles. The van der Waals surface area contributed by atoms with Crippen LogP contribution in [0.2, 0.25) is 0 Å². The third-order valence-electron chi connectivity index (χ3n) is 7.66. The molecule has 14 nitrogen and oxygen atoms in total. The maximum Gasteiger partial charge on any atom is 0.339 e. The number of rotatable bonds is 8. The Kier molecular flexibility index (Phi) is 9.06. The molecule has 6 N–H and O–H groups in total. The standard InChI is InChI=1S/C27H34O14/c1-26(34)17(40-18(29)9-6-13-4-7-14(36-2)8-5-13)10-27(35)15(23(33)37-3)12-38-25(22(26)27)41-24-21(32)20(31)19(30)16(11-28)39-24/h4-9,12,16-17,19-22,24-25,28,30-32,34-35H,10-11H2,1-3H3/b9-6+/t16-,17+,19-,20+,21-,22?,24+,25+,26+,27+/m1/s1. The highest BCUT2D eigenvalue weighted by Gasteiger charge is 2.69. The van der Waals surface area contributed by atoms with Gasteiger partial charge in [0, 0.05) is 12.5 Å². The van der Waals surface area contributed by atoms with Gasteiger partial charge >= 0.3 is 11.9 Å². The molecule has 4 rings (SSSR count). The molecule has 0 radical (unpaired) electrons. The minimum Gasteiger partial charge on any atom is -0.497 e. The van der Waals surface area contributed by atoms with E-state index < -0.39 is 85.2 Å². The fourth-order valence-corrected chi connectivity index (χ4v) is 5.37. The molecule has 1 unspecified atom stereocenters. The first-order valence-corrected chi connectivity index (χ1v) is 12.7. The summed E-state index contributed by atoms with van der Waals surface area (Å²) in [5.74, 6) is -2.74. The molecule has 1 aromatic rings. The molecule has 1 saturated heterocycles. The first kappa shape index (κ1) is 30.9. The predicted octanol–water partition coefficient (Wildman–Crippen LogP) is -1.65. The highest BCUT2D eigenvalue weighted by atomic mass is 16.8. The summed E-state index contributed by atoms with van der Waals surface area (Å²) in [6, 6.07) is 6.81. The van der Waals surface area contributed by atoms with Crippen LogP contribution < -0.4 is 4.74 Å². The number of aliphatic hydroxyl groups is 6. The van der Waals surface area contributed by atoms with Crippen LogP contribution in [0.4, 0.5) is 0 Å². The highest BCUT2D eigenvalue weighted by molar-refractivity contribution is 5.91. The molecule has 0 spiro atoms. The van der Waals surface area contributed by atoms with Gasteiger partial charge in [0.25, 0.3) is 0 Å². The van der Waals surface area contributed by atoms with Gasteiger partial charge in [-0.05, 0) is 30.7 Å². The van der Waals surface area contributed by atoms with Gasteiger partial charge in [-0.1, -0.05) is 12.1 Å². The van der Waals surface area contributed by atoms with Crippen LogP contribution in [-0.2, 0) is 33.3 Å². The summed E-state index contributed by atoms with van der Waals surface area (Å²) in [5, 5.41) is 63.4. The lowest BCUT2D eigenvalue weighted by Crippen LogP contribution is -2.62. The van der Waals surface area contributed by atoms with E-state index in [2.05, 4.69) is 0 Å². The van der Waals surface area contributed by atoms with Crippen LogP contribution in [0.3, 0.4) is 0 Å². The lowest BCUT2D eigenvalue weighted by Gasteiger charge is -2.46. The second-order valence-electron chi connectivity index (χ2n) is 10.2. The van der Waals surface area contributed by atoms with Gasteiger partial charge in [0.05, 0.1) is 33.0 Å². The van der Waals surface area contributed by atoms with Gasteiger partial charge in [0.15, 0.2) is 6.29 Å². The number of aliphatic hydroxyl groups excluding tert-OH is 4. The van der Waals surface area contributed by atoms with Crippen molar-refractivity contribution >= 4 is 18.0 Å². The van der Waals surface area contributed by atoms with E-state index in [0.29, 0.717) is 11.3 Å². The summed E-state index contributed by atoms with van der Waals surface area (Å²) < 4.78 is 31.9. The van der Waals surface area contributed by atoms with Gasteiger partial charge in [0.1, 0.15) is 53.0 Å². The molecule has 226 valence electrons. The Bertz CT molecular complexity index is 1160. The van der Waals surface area contributed by atoms with Crippen molar-refractivity contribution in [2.24, 2.45) is 5.92 Å². The van der Waals surface area contributed by atoms with Crippen LogP contribution in [0.1, 0.15) is 18.9 Å². The maximum absolute atomic E-state index is 12.7. The minimum absolute atomic E-state index is 0.383. The van der Waals surface area contributed by atoms with Gasteiger partial charge in [-0.25, -0.2) is 9.59 Å². The van der Waals surface area contributed by atoms with Crippen LogP contribution in [0.25, 0.3) is 6.08 Å². The summed E-state index contributed by atoms with van der Waals surface area (Å²) in [6.45, 7) is 0.518. The van der Waals surface area contributed by atoms with E-state index in [-0.39, 0.29) is 5.57 Å². The van der Waals surface area contributed by atoms with Gasteiger partial charge in [-0.2, -0.15) is 0 Å². The lowest BCUT2D eigenvalue weighted by atomic mass is 9.77. The Labute approximate surface area is 234 Å². The monoisotopic (exact) mass is 582 g/mol. The number of benzene rings is 1. The molecule has 41 heavy (non-hydrogen) atoms. The van der Waals surface area contributed by atoms with Gasteiger partial charge in [0.2, 0.25) is 6.29 Å². The maximum atomic E-state index is 12.7. The molecule has 2 fully saturated rings. The van der Waals surface area contributed by atoms with Crippen LogP contribution >= 0.6 is 0 Å². The molecule has 1 aliphatic carbocycles. The SMILES string of the molecule is COC(=O)C1=CO[C@@H](O[C@@H]2O[C@H](CO)[C@@H](O)[C@H](O)[C@H]2O)C2[C@]1(O)C[C@H](OC(=O)/C=C/c1ccc(OC)cc1)[C@]2(C)O. The Morgan fingerprint density at radius 3 is 2.34 bits per heavy atom. The average molecular weight is 583 g/mol. The number of fused-ring (bicyclic) bond motifs is 1. The molecule has 14 heteroatoms. The Balaban J connectivity index is 1.58. The number of hydrogen-bond donors (Lipinski definition) is 6. The quantitative estimate of drug-likeness (QED) is 0.150. The van der Waals surface area contributed by atoms with E-state index in [1.54, 1.807) is 24.3 Å². The Morgan fingerprint density at radius 2 is 1.73 bits per heavy atom. The largest absolute Gasteiger partial charge is 0.497 e. The topological polar surface area (TPSA) is 211 Å². The number of carbonyl (C=O) groups is 2. The molecular weight excluding hydrogens is 548 g/mol. The molecule has 0 aromatic heterocycles. The number of esters is 2. The Morgan fingerprint density at radius 1 is 1.05 bits per heavy atom. The van der Waals surface area contributed by atoms with Crippen molar-refractivity contribution in [3.63, 3.8) is 0 Å². The van der Waals surface area contributed by atoms with Gasteiger partial charge in [-0.15, -0.1) is 0 Å². The summed E-state index contributed by atoms with van der Waals surface area (Å²) in [7, 11) is 2.60. The summed E-state index contributed by atoms with van der Waals surface area (Å²) in [6.07, 6.45) is -8.29. The molecule has 0 bridgehead atoms. The first-order valence-electron chi connectivity index (χ1n) is 12.7. The first-order chi connectivity index (χ1) is 19.4. The molecule has 2 heterocycles. The van der Waals surface area contributed by atoms with E-state index in [4.69, 9.17) is 28.4 Å². The smallest absolute Gasteiger partial charge is 0.339 e. The number of ether oxygens (including phenoxy) is 6. The second-order valence-corrected chi connectivity index (χ2v) is 10.2. The van der Waals surface area contributed by atoms with Crippen LogP contribution in [0, 0.1) is 5.92 Å². The summed E-state index contributed by atoms with van der Waals surface area (Å²) >= 11 is 0. The van der Waals surface area contributed by atoms with Crippen LogP contribution in [-0.4, -0.2) is 118 Å². The molecule has 10 atom stereocenters. The van der Waals surface area contributed by atoms with Crippen molar-refractivity contribution in [2.45, 2.75) is 67.6 Å². The van der Waals surface area contributed by atoms with Gasteiger partial charge in [-0.3, -0.25) is 0 Å². The number of methoxy groups -OCH3 is 2. The average Bonchev–Trinajstić information content (AvgIpc) is 3.16. The molecule has 1 saturated carbocycles. The summed E-state index contributed by atoms with van der Waals surface area (Å²) in [4.78, 5) is 25.3. The lowest BCUT2D eigenvalue weighted by molar-refractivity contribution is -0.352. The molecule has 2 aliphatic heterocycles. The third-order valence-corrected chi connectivity index (χ3v) is 7.66. The van der Waals surface area contributed by atoms with Crippen molar-refractivity contribution < 1.29 is 68.6 Å². The summed E-state index contributed by atoms with van der Waals surface area (Å²) in [5.41, 5.74) is -4.03. The predicted molar refractivity (Wildman–Crippen MR) is 135 cm³/mol. The zero-order valence-corrected chi connectivity index (χ0v) is 22.5. The second kappa shape index (κ2) is 12.0. The Hall–Kier alpha value is -3.08.